The van der Waals surface area contributed by atoms with Gasteiger partial charge >= 0.3 is 0 Å². The molecule has 9 nitrogen and oxygen atoms in total. The maximum absolute atomic E-state index is 12.9. The standard InChI is InChI=1S/C24H27N5O4S/c1-3-4-10-28-23(31)22-17(9-13-34-22)29-20(26-27-24(28)29)7-8-21(30)25-15(2)16-5-6-18-19(14-16)33-12-11-32-18/h5-6,9,13-15H,3-4,7-8,10-12H2,1-2H3,(H,25,30)/t15-/m0/s1. The molecule has 1 aromatic carbocycles. The Morgan fingerprint density at radius 3 is 2.85 bits per heavy atom. The molecule has 1 N–H and O–H groups in total. The van der Waals surface area contributed by atoms with E-state index >= 15 is 0 Å². The number of nitrogens with one attached hydrogen (secondary N) is 1. The maximum Gasteiger partial charge on any atom is 0.272 e. The molecule has 4 heterocycles. The third-order valence-corrected chi connectivity index (χ3v) is 6.93. The summed E-state index contributed by atoms with van der Waals surface area (Å²) in [6.07, 6.45) is 2.53. The molecule has 0 fully saturated rings. The number of carbonyl (C=O) groups is 1. The highest BCUT2D eigenvalue weighted by atomic mass is 32.1. The first-order chi connectivity index (χ1) is 16.6. The molecule has 0 saturated carbocycles. The fourth-order valence-electron chi connectivity index (χ4n) is 4.21. The topological polar surface area (TPSA) is 99.8 Å². The van der Waals surface area contributed by atoms with Crippen LogP contribution in [0.15, 0.2) is 34.4 Å². The molecule has 0 spiro atoms. The third-order valence-electron chi connectivity index (χ3n) is 6.03. The van der Waals surface area contributed by atoms with E-state index in [1.54, 1.807) is 4.57 Å². The first-order valence-corrected chi connectivity index (χ1v) is 12.5. The highest BCUT2D eigenvalue weighted by molar-refractivity contribution is 7.17. The molecular weight excluding hydrogens is 454 g/mol. The SMILES string of the molecule is CCCCn1c(=O)c2sccc2n2c(CCC(=O)N[C@@H](C)c3ccc4c(c3)OCCO4)nnc12. The first kappa shape index (κ1) is 22.4. The number of aromatic nitrogens is 4. The second kappa shape index (κ2) is 9.46. The Morgan fingerprint density at radius 2 is 2.03 bits per heavy atom. The van der Waals surface area contributed by atoms with Crippen molar-refractivity contribution in [1.82, 2.24) is 24.5 Å². The van der Waals surface area contributed by atoms with E-state index in [1.165, 1.54) is 11.3 Å². The first-order valence-electron chi connectivity index (χ1n) is 11.6. The molecule has 0 aliphatic carbocycles. The molecule has 10 heteroatoms. The molecule has 4 aromatic rings. The van der Waals surface area contributed by atoms with E-state index in [4.69, 9.17) is 9.47 Å². The molecule has 5 rings (SSSR count). The van der Waals surface area contributed by atoms with E-state index in [-0.39, 0.29) is 23.9 Å². The fourth-order valence-corrected chi connectivity index (χ4v) is 5.04. The molecular formula is C24H27N5O4S. The lowest BCUT2D eigenvalue weighted by atomic mass is 10.1. The number of hydrogen-bond donors (Lipinski definition) is 1. The fraction of sp³-hybridized carbons (Fsp3) is 0.417. The zero-order chi connectivity index (χ0) is 23.7. The van der Waals surface area contributed by atoms with Gasteiger partial charge in [0.1, 0.15) is 23.7 Å². The number of rotatable bonds is 8. The van der Waals surface area contributed by atoms with Crippen LogP contribution in [0.2, 0.25) is 0 Å². The molecule has 178 valence electrons. The van der Waals surface area contributed by atoms with Gasteiger partial charge in [0.2, 0.25) is 11.7 Å². The van der Waals surface area contributed by atoms with Crippen molar-refractivity contribution in [3.05, 3.63) is 51.4 Å². The predicted molar refractivity (Wildman–Crippen MR) is 130 cm³/mol. The van der Waals surface area contributed by atoms with E-state index in [0.717, 1.165) is 29.7 Å². The Labute approximate surface area is 200 Å². The second-order valence-electron chi connectivity index (χ2n) is 8.39. The van der Waals surface area contributed by atoms with Gasteiger partial charge in [0.25, 0.3) is 5.56 Å². The minimum atomic E-state index is -0.179. The Morgan fingerprint density at radius 1 is 1.21 bits per heavy atom. The smallest absolute Gasteiger partial charge is 0.272 e. The summed E-state index contributed by atoms with van der Waals surface area (Å²) in [7, 11) is 0. The van der Waals surface area contributed by atoms with Gasteiger partial charge in [0.15, 0.2) is 11.5 Å². The number of ether oxygens (including phenoxy) is 2. The number of thiophene rings is 1. The van der Waals surface area contributed by atoms with Crippen LogP contribution in [0.1, 0.15) is 50.5 Å². The zero-order valence-corrected chi connectivity index (χ0v) is 20.1. The Kier molecular flexibility index (Phi) is 6.23. The van der Waals surface area contributed by atoms with E-state index < -0.39 is 0 Å². The number of unbranched alkanes of at least 4 members (excludes halogenated alkanes) is 1. The Bertz CT molecular complexity index is 1410. The van der Waals surface area contributed by atoms with Crippen LogP contribution in [0, 0.1) is 0 Å². The molecule has 1 aliphatic rings. The van der Waals surface area contributed by atoms with Crippen molar-refractivity contribution in [1.29, 1.82) is 0 Å². The van der Waals surface area contributed by atoms with Gasteiger partial charge < -0.3 is 14.8 Å². The number of nitrogens with zero attached hydrogens (tertiary/aromatic N) is 4. The average Bonchev–Trinajstić information content (AvgIpc) is 3.50. The molecule has 0 bridgehead atoms. The van der Waals surface area contributed by atoms with Gasteiger partial charge in [-0.3, -0.25) is 18.6 Å². The minimum Gasteiger partial charge on any atom is -0.486 e. The van der Waals surface area contributed by atoms with Crippen molar-refractivity contribution in [3.8, 4) is 11.5 Å². The number of hydrogen-bond acceptors (Lipinski definition) is 7. The third kappa shape index (κ3) is 4.13. The molecule has 0 radical (unpaired) electrons. The monoisotopic (exact) mass is 481 g/mol. The number of fused-ring (bicyclic) bond motifs is 4. The lowest BCUT2D eigenvalue weighted by Crippen LogP contribution is -2.27. The van der Waals surface area contributed by atoms with Crippen LogP contribution in [-0.2, 0) is 17.8 Å². The summed E-state index contributed by atoms with van der Waals surface area (Å²) in [5, 5.41) is 13.6. The van der Waals surface area contributed by atoms with E-state index in [2.05, 4.69) is 22.4 Å². The van der Waals surface area contributed by atoms with Crippen molar-refractivity contribution < 1.29 is 14.3 Å². The summed E-state index contributed by atoms with van der Waals surface area (Å²) >= 11 is 1.42. The van der Waals surface area contributed by atoms with Crippen molar-refractivity contribution in [2.75, 3.05) is 13.2 Å². The molecule has 0 unspecified atom stereocenters. The summed E-state index contributed by atoms with van der Waals surface area (Å²) in [5.41, 5.74) is 1.71. The lowest BCUT2D eigenvalue weighted by molar-refractivity contribution is -0.121. The average molecular weight is 482 g/mol. The van der Waals surface area contributed by atoms with E-state index in [1.807, 2.05) is 41.0 Å². The number of amides is 1. The van der Waals surface area contributed by atoms with Gasteiger partial charge in [-0.1, -0.05) is 19.4 Å². The molecule has 1 atom stereocenters. The number of aryl methyl sites for hydroxylation is 2. The van der Waals surface area contributed by atoms with E-state index in [0.29, 0.717) is 48.2 Å². The summed E-state index contributed by atoms with van der Waals surface area (Å²) in [6, 6.07) is 7.46. The van der Waals surface area contributed by atoms with Gasteiger partial charge in [0.05, 0.1) is 11.6 Å². The largest absolute Gasteiger partial charge is 0.486 e. The van der Waals surface area contributed by atoms with Crippen molar-refractivity contribution >= 4 is 33.2 Å². The van der Waals surface area contributed by atoms with Crippen LogP contribution >= 0.6 is 11.3 Å². The van der Waals surface area contributed by atoms with Crippen molar-refractivity contribution in [2.45, 2.75) is 52.1 Å². The maximum atomic E-state index is 12.9. The van der Waals surface area contributed by atoms with Gasteiger partial charge in [-0.25, -0.2) is 0 Å². The van der Waals surface area contributed by atoms with E-state index in [9.17, 15) is 9.59 Å². The normalized spacial score (nSPS) is 13.9. The van der Waals surface area contributed by atoms with Gasteiger partial charge in [0, 0.05) is 19.4 Å². The Balaban J connectivity index is 1.32. The van der Waals surface area contributed by atoms with Crippen molar-refractivity contribution in [2.24, 2.45) is 0 Å². The summed E-state index contributed by atoms with van der Waals surface area (Å²) < 4.78 is 15.5. The molecule has 3 aromatic heterocycles. The van der Waals surface area contributed by atoms with Crippen molar-refractivity contribution in [3.63, 3.8) is 0 Å². The second-order valence-corrected chi connectivity index (χ2v) is 9.31. The van der Waals surface area contributed by atoms with Gasteiger partial charge in [-0.15, -0.1) is 21.5 Å². The molecule has 1 amide bonds. The quantitative estimate of drug-likeness (QED) is 0.414. The highest BCUT2D eigenvalue weighted by Gasteiger charge is 2.19. The zero-order valence-electron chi connectivity index (χ0n) is 19.2. The van der Waals surface area contributed by atoms with Gasteiger partial charge in [-0.2, -0.15) is 0 Å². The lowest BCUT2D eigenvalue weighted by Gasteiger charge is -2.21. The van der Waals surface area contributed by atoms with Gasteiger partial charge in [-0.05, 0) is 42.5 Å². The summed E-state index contributed by atoms with van der Waals surface area (Å²) in [4.78, 5) is 25.7. The van der Waals surface area contributed by atoms with Crippen LogP contribution in [0.25, 0.3) is 16.0 Å². The predicted octanol–water partition coefficient (Wildman–Crippen LogP) is 3.49. The summed E-state index contributed by atoms with van der Waals surface area (Å²) in [6.45, 7) is 5.69. The van der Waals surface area contributed by atoms with Crippen LogP contribution < -0.4 is 20.3 Å². The van der Waals surface area contributed by atoms with Crippen LogP contribution in [0.4, 0.5) is 0 Å². The van der Waals surface area contributed by atoms with Crippen LogP contribution in [0.5, 0.6) is 11.5 Å². The highest BCUT2D eigenvalue weighted by Crippen LogP contribution is 2.32. The Hall–Kier alpha value is -3.40. The summed E-state index contributed by atoms with van der Waals surface area (Å²) in [5.74, 6) is 2.55. The molecule has 0 saturated heterocycles. The molecule has 1 aliphatic heterocycles. The molecule has 34 heavy (non-hydrogen) atoms. The minimum absolute atomic E-state index is 0.0316. The number of benzene rings is 1. The van der Waals surface area contributed by atoms with Crippen LogP contribution in [-0.4, -0.2) is 38.3 Å². The number of carbonyl (C=O) groups excluding carboxylic acids is 1. The van der Waals surface area contributed by atoms with Crippen LogP contribution in [0.3, 0.4) is 0 Å².